The molecule has 2 aromatic carbocycles. The minimum atomic E-state index is -0.937. The van der Waals surface area contributed by atoms with Gasteiger partial charge in [0.1, 0.15) is 17.7 Å². The van der Waals surface area contributed by atoms with Crippen LogP contribution in [0.5, 0.6) is 0 Å². The lowest BCUT2D eigenvalue weighted by molar-refractivity contribution is 0.509. The van der Waals surface area contributed by atoms with E-state index in [0.717, 1.165) is 12.1 Å². The molecule has 0 radical (unpaired) electrons. The molecule has 0 heterocycles. The quantitative estimate of drug-likeness (QED) is 0.866. The van der Waals surface area contributed by atoms with Crippen molar-refractivity contribution in [1.29, 1.82) is 10.5 Å². The van der Waals surface area contributed by atoms with Gasteiger partial charge in [0.2, 0.25) is 0 Å². The van der Waals surface area contributed by atoms with E-state index in [4.69, 9.17) is 10.5 Å². The van der Waals surface area contributed by atoms with Crippen LogP contribution in [0.1, 0.15) is 0 Å². The van der Waals surface area contributed by atoms with Crippen molar-refractivity contribution in [3.8, 4) is 23.3 Å². The highest BCUT2D eigenvalue weighted by Crippen LogP contribution is 2.29. The van der Waals surface area contributed by atoms with Crippen molar-refractivity contribution in [1.82, 2.24) is 0 Å². The van der Waals surface area contributed by atoms with Crippen molar-refractivity contribution >= 4 is 5.69 Å². The van der Waals surface area contributed by atoms with E-state index in [-0.39, 0.29) is 5.57 Å². The molecule has 0 saturated carbocycles. The van der Waals surface area contributed by atoms with Crippen LogP contribution in [-0.2, 0) is 0 Å². The van der Waals surface area contributed by atoms with Gasteiger partial charge in [-0.3, -0.25) is 0 Å². The fourth-order valence-corrected chi connectivity index (χ4v) is 1.76. The molecule has 0 fully saturated rings. The molecule has 3 nitrogen and oxygen atoms in total. The first-order valence-corrected chi connectivity index (χ1v) is 5.97. The number of hydrogen-bond acceptors (Lipinski definition) is 3. The predicted molar refractivity (Wildman–Crippen MR) is 74.7 cm³/mol. The van der Waals surface area contributed by atoms with Crippen LogP contribution >= 0.6 is 0 Å². The van der Waals surface area contributed by atoms with E-state index >= 15 is 0 Å². The van der Waals surface area contributed by atoms with Crippen molar-refractivity contribution < 1.29 is 8.78 Å². The molecule has 0 aliphatic heterocycles. The number of nitrogens with one attached hydrogen (secondary N) is 1. The number of hydrogen-bond donors (Lipinski definition) is 1. The second kappa shape index (κ2) is 6.31. The minimum Gasteiger partial charge on any atom is -0.359 e. The van der Waals surface area contributed by atoms with E-state index < -0.39 is 11.6 Å². The smallest absolute Gasteiger partial charge is 0.159 e. The Kier molecular flexibility index (Phi) is 4.28. The summed E-state index contributed by atoms with van der Waals surface area (Å²) in [7, 11) is 0. The minimum absolute atomic E-state index is 0.0879. The molecule has 0 aliphatic rings. The topological polar surface area (TPSA) is 59.6 Å². The zero-order chi connectivity index (χ0) is 15.2. The molecule has 0 aromatic heterocycles. The standard InChI is InChI=1S/C16H9F2N3/c17-14-6-5-12(7-15(14)18)13-3-1-2-4-16(13)21-10-11(8-19)9-20/h1-7,10,21H. The second-order valence-corrected chi connectivity index (χ2v) is 4.10. The lowest BCUT2D eigenvalue weighted by atomic mass is 10.0. The Morgan fingerprint density at radius 3 is 2.38 bits per heavy atom. The van der Waals surface area contributed by atoms with Gasteiger partial charge in [0.25, 0.3) is 0 Å². The van der Waals surface area contributed by atoms with Crippen LogP contribution in [0.4, 0.5) is 14.5 Å². The molecule has 0 saturated heterocycles. The van der Waals surface area contributed by atoms with Crippen LogP contribution in [0.2, 0.25) is 0 Å². The summed E-state index contributed by atoms with van der Waals surface area (Å²) in [6, 6.07) is 14.0. The summed E-state index contributed by atoms with van der Waals surface area (Å²) in [5.74, 6) is -1.85. The molecule has 0 bridgehead atoms. The Morgan fingerprint density at radius 2 is 1.71 bits per heavy atom. The zero-order valence-electron chi connectivity index (χ0n) is 10.8. The van der Waals surface area contributed by atoms with Crippen LogP contribution in [0, 0.1) is 34.3 Å². The Labute approximate surface area is 120 Å². The molecule has 102 valence electrons. The van der Waals surface area contributed by atoms with Crippen LogP contribution in [0.15, 0.2) is 54.2 Å². The third-order valence-corrected chi connectivity index (χ3v) is 2.77. The monoisotopic (exact) mass is 281 g/mol. The summed E-state index contributed by atoms with van der Waals surface area (Å²) in [5.41, 5.74) is 1.60. The third-order valence-electron chi connectivity index (χ3n) is 2.77. The van der Waals surface area contributed by atoms with E-state index in [2.05, 4.69) is 5.32 Å². The van der Waals surface area contributed by atoms with Crippen LogP contribution in [-0.4, -0.2) is 0 Å². The fraction of sp³-hybridized carbons (Fsp3) is 0. The summed E-state index contributed by atoms with van der Waals surface area (Å²) in [6.07, 6.45) is 1.26. The third kappa shape index (κ3) is 3.23. The lowest BCUT2D eigenvalue weighted by Crippen LogP contribution is -1.94. The molecule has 5 heteroatoms. The molecule has 0 atom stereocenters. The number of halogens is 2. The van der Waals surface area contributed by atoms with Gasteiger partial charge in [0, 0.05) is 17.5 Å². The highest BCUT2D eigenvalue weighted by Gasteiger charge is 2.08. The van der Waals surface area contributed by atoms with Gasteiger partial charge in [-0.05, 0) is 23.8 Å². The molecule has 0 amide bonds. The van der Waals surface area contributed by atoms with Crippen LogP contribution in [0.3, 0.4) is 0 Å². The molecule has 2 rings (SSSR count). The summed E-state index contributed by atoms with van der Waals surface area (Å²) >= 11 is 0. The van der Waals surface area contributed by atoms with Gasteiger partial charge in [-0.1, -0.05) is 24.3 Å². The van der Waals surface area contributed by atoms with E-state index in [0.29, 0.717) is 16.8 Å². The first-order chi connectivity index (χ1) is 10.2. The van der Waals surface area contributed by atoms with Gasteiger partial charge >= 0.3 is 0 Å². The van der Waals surface area contributed by atoms with Crippen LogP contribution < -0.4 is 5.32 Å². The Balaban J connectivity index is 2.42. The van der Waals surface area contributed by atoms with Crippen molar-refractivity contribution in [2.75, 3.05) is 5.32 Å². The van der Waals surface area contributed by atoms with Gasteiger partial charge in [0.15, 0.2) is 11.6 Å². The molecular formula is C16H9F2N3. The van der Waals surface area contributed by atoms with E-state index in [1.54, 1.807) is 36.4 Å². The number of nitrogens with zero attached hydrogens (tertiary/aromatic N) is 2. The summed E-state index contributed by atoms with van der Waals surface area (Å²) in [4.78, 5) is 0. The van der Waals surface area contributed by atoms with Crippen molar-refractivity contribution in [2.24, 2.45) is 0 Å². The number of rotatable bonds is 3. The summed E-state index contributed by atoms with van der Waals surface area (Å²) < 4.78 is 26.3. The van der Waals surface area contributed by atoms with Gasteiger partial charge in [-0.2, -0.15) is 10.5 Å². The predicted octanol–water partition coefficient (Wildman–Crippen LogP) is 3.97. The molecule has 0 spiro atoms. The maximum atomic E-state index is 13.3. The van der Waals surface area contributed by atoms with Crippen LogP contribution in [0.25, 0.3) is 11.1 Å². The first-order valence-electron chi connectivity index (χ1n) is 5.97. The summed E-state index contributed by atoms with van der Waals surface area (Å²) in [5, 5.41) is 20.2. The average Bonchev–Trinajstić information content (AvgIpc) is 2.51. The van der Waals surface area contributed by atoms with Gasteiger partial charge in [-0.25, -0.2) is 8.78 Å². The maximum Gasteiger partial charge on any atom is 0.159 e. The van der Waals surface area contributed by atoms with Gasteiger partial charge in [-0.15, -0.1) is 0 Å². The van der Waals surface area contributed by atoms with Gasteiger partial charge in [0.05, 0.1) is 0 Å². The summed E-state index contributed by atoms with van der Waals surface area (Å²) in [6.45, 7) is 0. The normalized spacial score (nSPS) is 9.33. The second-order valence-electron chi connectivity index (χ2n) is 4.10. The first kappa shape index (κ1) is 14.2. The maximum absolute atomic E-state index is 13.3. The molecule has 21 heavy (non-hydrogen) atoms. The Hall–Kier alpha value is -3.18. The zero-order valence-corrected chi connectivity index (χ0v) is 10.8. The Morgan fingerprint density at radius 1 is 1.00 bits per heavy atom. The highest BCUT2D eigenvalue weighted by atomic mass is 19.2. The molecule has 0 aliphatic carbocycles. The lowest BCUT2D eigenvalue weighted by Gasteiger charge is -2.09. The van der Waals surface area contributed by atoms with Crippen molar-refractivity contribution in [3.63, 3.8) is 0 Å². The number of para-hydroxylation sites is 1. The number of benzene rings is 2. The van der Waals surface area contributed by atoms with Gasteiger partial charge < -0.3 is 5.32 Å². The molecule has 2 aromatic rings. The number of anilines is 1. The highest BCUT2D eigenvalue weighted by molar-refractivity contribution is 5.78. The molecule has 0 unspecified atom stereocenters. The van der Waals surface area contributed by atoms with E-state index in [1.165, 1.54) is 12.3 Å². The van der Waals surface area contributed by atoms with Crippen molar-refractivity contribution in [2.45, 2.75) is 0 Å². The SMILES string of the molecule is N#CC(C#N)=CNc1ccccc1-c1ccc(F)c(F)c1. The van der Waals surface area contributed by atoms with E-state index in [1.807, 2.05) is 0 Å². The number of allylic oxidation sites excluding steroid dienone is 1. The largest absolute Gasteiger partial charge is 0.359 e. The molecule has 1 N–H and O–H groups in total. The average molecular weight is 281 g/mol. The number of nitriles is 2. The molecular weight excluding hydrogens is 272 g/mol. The fourth-order valence-electron chi connectivity index (χ4n) is 1.76. The van der Waals surface area contributed by atoms with Crippen molar-refractivity contribution in [3.05, 3.63) is 65.9 Å². The van der Waals surface area contributed by atoms with E-state index in [9.17, 15) is 8.78 Å². The Bertz CT molecular complexity index is 767.